The van der Waals surface area contributed by atoms with E-state index in [1.54, 1.807) is 0 Å². The summed E-state index contributed by atoms with van der Waals surface area (Å²) in [5.74, 6) is 0.712. The van der Waals surface area contributed by atoms with Gasteiger partial charge in [-0.05, 0) is 30.5 Å². The summed E-state index contributed by atoms with van der Waals surface area (Å²) in [5.41, 5.74) is 1.27. The highest BCUT2D eigenvalue weighted by Gasteiger charge is 1.98. The van der Waals surface area contributed by atoms with Crippen molar-refractivity contribution in [3.8, 4) is 0 Å². The maximum Gasteiger partial charge on any atom is 0.0226 e. The second-order valence-electron chi connectivity index (χ2n) is 2.57. The van der Waals surface area contributed by atoms with Gasteiger partial charge in [-0.25, -0.2) is 0 Å². The largest absolute Gasteiger partial charge is 0.143 e. The predicted octanol–water partition coefficient (Wildman–Crippen LogP) is 3.91. The van der Waals surface area contributed by atoms with Gasteiger partial charge in [0, 0.05) is 15.2 Å². The van der Waals surface area contributed by atoms with Crippen LogP contribution in [0.15, 0.2) is 27.6 Å². The molecule has 0 nitrogen and oxygen atoms in total. The van der Waals surface area contributed by atoms with Crippen LogP contribution in [0, 0.1) is 0 Å². The molecular formula is C9H10BrClS. The molecule has 1 rings (SSSR count). The van der Waals surface area contributed by atoms with Gasteiger partial charge in [0.25, 0.3) is 0 Å². The van der Waals surface area contributed by atoms with Crippen molar-refractivity contribution in [2.24, 2.45) is 0 Å². The number of hydrogen-bond donors (Lipinski definition) is 1. The topological polar surface area (TPSA) is 0 Å². The first-order valence-corrected chi connectivity index (χ1v) is 5.55. The molecule has 0 saturated carbocycles. The zero-order valence-corrected chi connectivity index (χ0v) is 9.79. The van der Waals surface area contributed by atoms with Gasteiger partial charge < -0.3 is 0 Å². The van der Waals surface area contributed by atoms with E-state index in [-0.39, 0.29) is 0 Å². The molecule has 3 heteroatoms. The molecule has 1 aromatic carbocycles. The minimum Gasteiger partial charge on any atom is -0.143 e. The second kappa shape index (κ2) is 5.15. The van der Waals surface area contributed by atoms with Crippen LogP contribution in [0.5, 0.6) is 0 Å². The Hall–Kier alpha value is 0.340. The molecule has 0 heterocycles. The quantitative estimate of drug-likeness (QED) is 0.622. The van der Waals surface area contributed by atoms with Crippen molar-refractivity contribution in [1.82, 2.24) is 0 Å². The summed E-state index contributed by atoms with van der Waals surface area (Å²) in [5, 5.41) is 0. The highest BCUT2D eigenvalue weighted by molar-refractivity contribution is 9.10. The van der Waals surface area contributed by atoms with Crippen molar-refractivity contribution in [3.05, 3.63) is 28.2 Å². The molecular weight excluding hydrogens is 256 g/mol. The highest BCUT2D eigenvalue weighted by atomic mass is 79.9. The number of halogens is 2. The molecule has 0 amide bonds. The fraction of sp³-hybridized carbons (Fsp3) is 0.333. The Balaban J connectivity index is 2.72. The summed E-state index contributed by atoms with van der Waals surface area (Å²) >= 11 is 13.4. The third-order valence-corrected chi connectivity index (χ3v) is 2.80. The molecule has 0 aromatic heterocycles. The minimum absolute atomic E-state index is 0.712. The lowest BCUT2D eigenvalue weighted by Gasteiger charge is -2.03. The molecule has 1 aromatic rings. The van der Waals surface area contributed by atoms with Crippen molar-refractivity contribution in [2.45, 2.75) is 17.7 Å². The SMILES string of the molecule is Sc1cc(Br)ccc1CCCCl. The van der Waals surface area contributed by atoms with Crippen molar-refractivity contribution < 1.29 is 0 Å². The standard InChI is InChI=1S/C9H10BrClS/c10-8-4-3-7(2-1-5-11)9(12)6-8/h3-4,6,12H,1-2,5H2. The first-order valence-electron chi connectivity index (χ1n) is 3.77. The lowest BCUT2D eigenvalue weighted by Crippen LogP contribution is -1.87. The van der Waals surface area contributed by atoms with E-state index >= 15 is 0 Å². The number of aryl methyl sites for hydroxylation is 1. The second-order valence-corrected chi connectivity index (χ2v) is 4.34. The van der Waals surface area contributed by atoms with Crippen molar-refractivity contribution in [1.29, 1.82) is 0 Å². The molecule has 12 heavy (non-hydrogen) atoms. The minimum atomic E-state index is 0.712. The molecule has 0 bridgehead atoms. The Morgan fingerprint density at radius 3 is 2.75 bits per heavy atom. The lowest BCUT2D eigenvalue weighted by atomic mass is 10.1. The van der Waals surface area contributed by atoms with E-state index in [0.29, 0.717) is 5.88 Å². The molecule has 0 aliphatic carbocycles. The zero-order valence-electron chi connectivity index (χ0n) is 6.56. The molecule has 0 radical (unpaired) electrons. The Morgan fingerprint density at radius 1 is 1.42 bits per heavy atom. The van der Waals surface area contributed by atoms with Crippen LogP contribution in [0.25, 0.3) is 0 Å². The molecule has 0 unspecified atom stereocenters. The molecule has 0 aliphatic rings. The van der Waals surface area contributed by atoms with Gasteiger partial charge >= 0.3 is 0 Å². The number of rotatable bonds is 3. The van der Waals surface area contributed by atoms with Crippen LogP contribution in [-0.4, -0.2) is 5.88 Å². The van der Waals surface area contributed by atoms with Gasteiger partial charge in [0.1, 0.15) is 0 Å². The summed E-state index contributed by atoms with van der Waals surface area (Å²) in [6.45, 7) is 0. The van der Waals surface area contributed by atoms with E-state index in [0.717, 1.165) is 22.2 Å². The van der Waals surface area contributed by atoms with Gasteiger partial charge in [-0.1, -0.05) is 22.0 Å². The maximum absolute atomic E-state index is 5.60. The molecule has 0 saturated heterocycles. The number of thiol groups is 1. The van der Waals surface area contributed by atoms with E-state index in [1.165, 1.54) is 5.56 Å². The third kappa shape index (κ3) is 3.00. The summed E-state index contributed by atoms with van der Waals surface area (Å²) in [6.07, 6.45) is 2.02. The van der Waals surface area contributed by atoms with Crippen LogP contribution in [0.2, 0.25) is 0 Å². The average molecular weight is 266 g/mol. The number of alkyl halides is 1. The Bertz CT molecular complexity index is 263. The van der Waals surface area contributed by atoms with Crippen LogP contribution >= 0.6 is 40.2 Å². The Morgan fingerprint density at radius 2 is 2.17 bits per heavy atom. The molecule has 0 fully saturated rings. The highest BCUT2D eigenvalue weighted by Crippen LogP contribution is 2.20. The van der Waals surface area contributed by atoms with E-state index in [4.69, 9.17) is 11.6 Å². The van der Waals surface area contributed by atoms with Crippen molar-refractivity contribution in [2.75, 3.05) is 5.88 Å². The number of benzene rings is 1. The molecule has 0 atom stereocenters. The summed E-state index contributed by atoms with van der Waals surface area (Å²) in [7, 11) is 0. The Kier molecular flexibility index (Phi) is 4.47. The normalized spacial score (nSPS) is 10.2. The lowest BCUT2D eigenvalue weighted by molar-refractivity contribution is 0.907. The van der Waals surface area contributed by atoms with Crippen LogP contribution in [-0.2, 0) is 6.42 Å². The Labute approximate surface area is 91.9 Å². The van der Waals surface area contributed by atoms with E-state index < -0.39 is 0 Å². The van der Waals surface area contributed by atoms with Gasteiger partial charge in [0.15, 0.2) is 0 Å². The maximum atomic E-state index is 5.60. The van der Waals surface area contributed by atoms with Gasteiger partial charge in [-0.15, -0.1) is 24.2 Å². The summed E-state index contributed by atoms with van der Waals surface area (Å²) < 4.78 is 1.07. The third-order valence-electron chi connectivity index (χ3n) is 1.63. The first-order chi connectivity index (χ1) is 5.74. The van der Waals surface area contributed by atoms with Gasteiger partial charge in [-0.3, -0.25) is 0 Å². The molecule has 66 valence electrons. The van der Waals surface area contributed by atoms with Crippen molar-refractivity contribution >= 4 is 40.2 Å². The van der Waals surface area contributed by atoms with E-state index in [1.807, 2.05) is 12.1 Å². The fourth-order valence-corrected chi connectivity index (χ4v) is 2.00. The molecule has 0 N–H and O–H groups in total. The predicted molar refractivity (Wildman–Crippen MR) is 60.4 cm³/mol. The molecule has 0 aliphatic heterocycles. The average Bonchev–Trinajstić information content (AvgIpc) is 2.03. The first kappa shape index (κ1) is 10.4. The van der Waals surface area contributed by atoms with Gasteiger partial charge in [0.2, 0.25) is 0 Å². The molecule has 0 spiro atoms. The summed E-state index contributed by atoms with van der Waals surface area (Å²) in [6, 6.07) is 6.12. The van der Waals surface area contributed by atoms with E-state index in [2.05, 4.69) is 34.6 Å². The van der Waals surface area contributed by atoms with Gasteiger partial charge in [0.05, 0.1) is 0 Å². The number of hydrogen-bond acceptors (Lipinski definition) is 1. The fourth-order valence-electron chi connectivity index (χ4n) is 1.01. The van der Waals surface area contributed by atoms with E-state index in [9.17, 15) is 0 Å². The van der Waals surface area contributed by atoms with Crippen LogP contribution in [0.3, 0.4) is 0 Å². The van der Waals surface area contributed by atoms with Gasteiger partial charge in [-0.2, -0.15) is 0 Å². The van der Waals surface area contributed by atoms with Crippen molar-refractivity contribution in [3.63, 3.8) is 0 Å². The van der Waals surface area contributed by atoms with Crippen LogP contribution in [0.4, 0.5) is 0 Å². The smallest absolute Gasteiger partial charge is 0.0226 e. The zero-order chi connectivity index (χ0) is 8.97. The monoisotopic (exact) mass is 264 g/mol. The van der Waals surface area contributed by atoms with Crippen LogP contribution < -0.4 is 0 Å². The van der Waals surface area contributed by atoms with Crippen LogP contribution in [0.1, 0.15) is 12.0 Å². The summed E-state index contributed by atoms with van der Waals surface area (Å²) in [4.78, 5) is 1.04.